The second-order valence-electron chi connectivity index (χ2n) is 8.62. The highest BCUT2D eigenvalue weighted by molar-refractivity contribution is 7.93. The molecule has 0 saturated heterocycles. The van der Waals surface area contributed by atoms with E-state index in [1.807, 2.05) is 4.72 Å². The van der Waals surface area contributed by atoms with Crippen molar-refractivity contribution in [1.82, 2.24) is 0 Å². The lowest BCUT2D eigenvalue weighted by Gasteiger charge is -2.17. The molecule has 0 heterocycles. The van der Waals surface area contributed by atoms with Gasteiger partial charge >= 0.3 is 12.4 Å². The van der Waals surface area contributed by atoms with E-state index >= 15 is 0 Å². The van der Waals surface area contributed by atoms with Crippen LogP contribution in [0.15, 0.2) is 94.7 Å². The highest BCUT2D eigenvalue weighted by atomic mass is 35.5. The van der Waals surface area contributed by atoms with Crippen LogP contribution in [-0.4, -0.2) is 16.8 Å². The molecule has 2 N–H and O–H groups in total. The first-order valence-corrected chi connectivity index (χ1v) is 15.1. The number of alkyl halides is 6. The predicted octanol–water partition coefficient (Wildman–Crippen LogP) is 8.30. The van der Waals surface area contributed by atoms with Gasteiger partial charge in [-0.2, -0.15) is 26.3 Å². The fraction of sp³-hybridized carbons (Fsp3) is 0.0769. The SMILES string of the molecule is O=S(=O)(Nc1ccc(-c2cccc(Cl)c2Cl)cc1NS(=O)(=O)c1cccc(C(F)(F)F)c1)c1cccc(C(F)(F)F)c1. The molecule has 0 bridgehead atoms. The summed E-state index contributed by atoms with van der Waals surface area (Å²) in [4.78, 5) is -1.58. The van der Waals surface area contributed by atoms with E-state index in [4.69, 9.17) is 23.2 Å². The van der Waals surface area contributed by atoms with E-state index in [9.17, 15) is 43.2 Å². The van der Waals surface area contributed by atoms with Gasteiger partial charge in [0.25, 0.3) is 20.0 Å². The minimum atomic E-state index is -4.86. The first-order valence-electron chi connectivity index (χ1n) is 11.4. The van der Waals surface area contributed by atoms with Gasteiger partial charge in [0.05, 0.1) is 42.3 Å². The highest BCUT2D eigenvalue weighted by Crippen LogP contribution is 2.38. The van der Waals surface area contributed by atoms with E-state index in [2.05, 4.69) is 4.72 Å². The Labute approximate surface area is 246 Å². The molecule has 0 aliphatic heterocycles. The molecule has 4 aromatic carbocycles. The van der Waals surface area contributed by atoms with Gasteiger partial charge in [0.2, 0.25) is 0 Å². The van der Waals surface area contributed by atoms with Gasteiger partial charge in [-0.05, 0) is 60.2 Å². The van der Waals surface area contributed by atoms with Crippen molar-refractivity contribution in [2.45, 2.75) is 22.1 Å². The van der Waals surface area contributed by atoms with Crippen LogP contribution in [0.25, 0.3) is 11.1 Å². The summed E-state index contributed by atoms with van der Waals surface area (Å²) in [5.41, 5.74) is -2.93. The average Bonchev–Trinajstić information content (AvgIpc) is 2.90. The third kappa shape index (κ3) is 6.94. The lowest BCUT2D eigenvalue weighted by molar-refractivity contribution is -0.138. The van der Waals surface area contributed by atoms with Crippen LogP contribution in [0.3, 0.4) is 0 Å². The lowest BCUT2D eigenvalue weighted by Crippen LogP contribution is -2.18. The number of halogens is 8. The molecule has 0 fully saturated rings. The molecule has 4 aromatic rings. The highest BCUT2D eigenvalue weighted by Gasteiger charge is 2.33. The third-order valence-electron chi connectivity index (χ3n) is 5.71. The van der Waals surface area contributed by atoms with Crippen LogP contribution in [0, 0.1) is 0 Å². The average molecular weight is 669 g/mol. The maximum atomic E-state index is 13.2. The molecule has 4 rings (SSSR count). The first kappa shape index (κ1) is 31.5. The minimum absolute atomic E-state index is 0.0585. The Kier molecular flexibility index (Phi) is 8.48. The van der Waals surface area contributed by atoms with Crippen molar-refractivity contribution in [3.05, 3.63) is 106 Å². The van der Waals surface area contributed by atoms with Gasteiger partial charge in [0.1, 0.15) is 0 Å². The summed E-state index contributed by atoms with van der Waals surface area (Å²) in [7, 11) is -9.51. The van der Waals surface area contributed by atoms with Crippen LogP contribution in [0.5, 0.6) is 0 Å². The van der Waals surface area contributed by atoms with Gasteiger partial charge in [-0.15, -0.1) is 0 Å². The van der Waals surface area contributed by atoms with Crippen molar-refractivity contribution < 1.29 is 43.2 Å². The summed E-state index contributed by atoms with van der Waals surface area (Å²) < 4.78 is 136. The second kappa shape index (κ2) is 11.3. The van der Waals surface area contributed by atoms with Crippen molar-refractivity contribution in [2.75, 3.05) is 9.44 Å². The zero-order valence-electron chi connectivity index (χ0n) is 20.6. The number of sulfonamides is 2. The maximum absolute atomic E-state index is 13.2. The molecule has 0 atom stereocenters. The molecular formula is C26H16Cl2F6N2O4S2. The Morgan fingerprint density at radius 2 is 1.05 bits per heavy atom. The number of benzene rings is 4. The van der Waals surface area contributed by atoms with Gasteiger partial charge in [-0.3, -0.25) is 9.44 Å². The number of anilines is 2. The zero-order chi connectivity index (χ0) is 31.1. The number of hydrogen-bond donors (Lipinski definition) is 2. The Hall–Kier alpha value is -3.46. The predicted molar refractivity (Wildman–Crippen MR) is 146 cm³/mol. The lowest BCUT2D eigenvalue weighted by atomic mass is 10.0. The molecular weight excluding hydrogens is 653 g/mol. The molecule has 0 amide bonds. The largest absolute Gasteiger partial charge is 0.416 e. The molecule has 0 aliphatic rings. The van der Waals surface area contributed by atoms with Crippen LogP contribution in [0.4, 0.5) is 37.7 Å². The van der Waals surface area contributed by atoms with Crippen molar-refractivity contribution >= 4 is 54.6 Å². The summed E-state index contributed by atoms with van der Waals surface area (Å²) in [6.45, 7) is 0. The Bertz CT molecular complexity index is 1880. The normalized spacial score (nSPS) is 12.7. The maximum Gasteiger partial charge on any atom is 0.416 e. The summed E-state index contributed by atoms with van der Waals surface area (Å²) in [5, 5.41) is 0.192. The number of nitrogens with one attached hydrogen (secondary N) is 2. The standard InChI is InChI=1S/C26H16Cl2F6N2O4S2/c27-21-9-3-8-20(24(21)28)15-10-11-22(35-41(37,38)18-6-1-4-16(13-18)25(29,30)31)23(12-15)36-42(39,40)19-7-2-5-17(14-19)26(32,33)34/h1-14,35-36H. The fourth-order valence-electron chi connectivity index (χ4n) is 3.70. The van der Waals surface area contributed by atoms with Gasteiger partial charge < -0.3 is 0 Å². The van der Waals surface area contributed by atoms with E-state index < -0.39 is 64.7 Å². The van der Waals surface area contributed by atoms with E-state index in [0.29, 0.717) is 24.3 Å². The smallest absolute Gasteiger partial charge is 0.277 e. The molecule has 0 radical (unpaired) electrons. The Morgan fingerprint density at radius 3 is 1.55 bits per heavy atom. The summed E-state index contributed by atoms with van der Waals surface area (Å²) in [6.07, 6.45) is -9.71. The summed E-state index contributed by atoms with van der Waals surface area (Å²) in [6, 6.07) is 13.7. The molecule has 0 unspecified atom stereocenters. The van der Waals surface area contributed by atoms with Gasteiger partial charge in [-0.25, -0.2) is 16.8 Å². The molecule has 42 heavy (non-hydrogen) atoms. The fourth-order valence-corrected chi connectivity index (χ4v) is 6.35. The van der Waals surface area contributed by atoms with E-state index in [0.717, 1.165) is 36.4 Å². The molecule has 0 spiro atoms. The molecule has 0 aromatic heterocycles. The Morgan fingerprint density at radius 1 is 0.571 bits per heavy atom. The number of hydrogen-bond acceptors (Lipinski definition) is 4. The van der Waals surface area contributed by atoms with E-state index in [1.165, 1.54) is 24.3 Å². The van der Waals surface area contributed by atoms with Crippen LogP contribution in [-0.2, 0) is 32.4 Å². The van der Waals surface area contributed by atoms with Crippen LogP contribution >= 0.6 is 23.2 Å². The van der Waals surface area contributed by atoms with Crippen molar-refractivity contribution in [2.24, 2.45) is 0 Å². The first-order chi connectivity index (χ1) is 19.4. The molecule has 16 heteroatoms. The Balaban J connectivity index is 1.83. The van der Waals surface area contributed by atoms with Gasteiger partial charge in [-0.1, -0.05) is 53.5 Å². The molecule has 6 nitrogen and oxygen atoms in total. The van der Waals surface area contributed by atoms with E-state index in [1.54, 1.807) is 0 Å². The zero-order valence-corrected chi connectivity index (χ0v) is 23.7. The second-order valence-corrected chi connectivity index (χ2v) is 12.8. The van der Waals surface area contributed by atoms with Crippen molar-refractivity contribution in [3.63, 3.8) is 0 Å². The topological polar surface area (TPSA) is 92.3 Å². The quantitative estimate of drug-likeness (QED) is 0.194. The van der Waals surface area contributed by atoms with Crippen molar-refractivity contribution in [3.8, 4) is 11.1 Å². The van der Waals surface area contributed by atoms with Crippen LogP contribution < -0.4 is 9.44 Å². The summed E-state index contributed by atoms with van der Waals surface area (Å²) in [5.74, 6) is 0. The molecule has 222 valence electrons. The number of rotatable bonds is 7. The van der Waals surface area contributed by atoms with Crippen molar-refractivity contribution in [1.29, 1.82) is 0 Å². The van der Waals surface area contributed by atoms with Gasteiger partial charge in [0, 0.05) is 5.56 Å². The third-order valence-corrected chi connectivity index (χ3v) is 9.26. The van der Waals surface area contributed by atoms with Crippen LogP contribution in [0.2, 0.25) is 10.0 Å². The summed E-state index contributed by atoms with van der Waals surface area (Å²) >= 11 is 12.3. The molecule has 0 aliphatic carbocycles. The molecule has 0 saturated carbocycles. The van der Waals surface area contributed by atoms with Gasteiger partial charge in [0.15, 0.2) is 0 Å². The van der Waals surface area contributed by atoms with Crippen LogP contribution in [0.1, 0.15) is 11.1 Å². The monoisotopic (exact) mass is 668 g/mol. The van der Waals surface area contributed by atoms with E-state index in [-0.39, 0.29) is 21.2 Å². The minimum Gasteiger partial charge on any atom is -0.277 e.